The number of rotatable bonds is 6. The van der Waals surface area contributed by atoms with E-state index in [1.807, 2.05) is 13.0 Å². The Kier molecular flexibility index (Phi) is 9.43. The molecule has 0 bridgehead atoms. The zero-order valence-corrected chi connectivity index (χ0v) is 15.3. The Hall–Kier alpha value is -2.24. The zero-order chi connectivity index (χ0) is 18.7. The number of esters is 1. The molecule has 0 spiro atoms. The third-order valence-electron chi connectivity index (χ3n) is 2.73. The van der Waals surface area contributed by atoms with Gasteiger partial charge in [-0.15, -0.1) is 0 Å². The second kappa shape index (κ2) is 11.3. The molecule has 25 heavy (non-hydrogen) atoms. The van der Waals surface area contributed by atoms with Crippen LogP contribution in [0.5, 0.6) is 11.5 Å². The fraction of sp³-hybridized carbons (Fsp3) is 0.222. The van der Waals surface area contributed by atoms with Crippen LogP contribution in [0.1, 0.15) is 24.2 Å². The highest BCUT2D eigenvalue weighted by molar-refractivity contribution is 6.37. The molecule has 7 heteroatoms. The van der Waals surface area contributed by atoms with E-state index in [1.54, 1.807) is 31.2 Å². The fourth-order valence-corrected chi connectivity index (χ4v) is 2.33. The van der Waals surface area contributed by atoms with Gasteiger partial charge in [0.1, 0.15) is 5.75 Å². The lowest BCUT2D eigenvalue weighted by Gasteiger charge is -2.09. The number of benzene rings is 2. The quantitative estimate of drug-likeness (QED) is 0.529. The van der Waals surface area contributed by atoms with Crippen LogP contribution in [0.3, 0.4) is 0 Å². The number of ether oxygens (including phenoxy) is 3. The van der Waals surface area contributed by atoms with E-state index in [4.69, 9.17) is 32.7 Å². The maximum absolute atomic E-state index is 11.4. The van der Waals surface area contributed by atoms with Crippen molar-refractivity contribution in [3.8, 4) is 11.5 Å². The lowest BCUT2D eigenvalue weighted by molar-refractivity contribution is -0.120. The van der Waals surface area contributed by atoms with Crippen molar-refractivity contribution < 1.29 is 23.8 Å². The SMILES string of the molecule is CCOC(=O)c1cc(Cl)c(OCC)c(Cl)c1.O=COc1ccccc1. The van der Waals surface area contributed by atoms with Crippen LogP contribution < -0.4 is 9.47 Å². The van der Waals surface area contributed by atoms with Crippen LogP contribution in [0.25, 0.3) is 0 Å². The molecule has 0 heterocycles. The molecular weight excluding hydrogens is 367 g/mol. The van der Waals surface area contributed by atoms with Gasteiger partial charge in [0.2, 0.25) is 0 Å². The van der Waals surface area contributed by atoms with Crippen molar-refractivity contribution in [2.75, 3.05) is 13.2 Å². The normalized spacial score (nSPS) is 9.44. The van der Waals surface area contributed by atoms with Gasteiger partial charge in [0.05, 0.1) is 28.8 Å². The summed E-state index contributed by atoms with van der Waals surface area (Å²) in [5, 5.41) is 0.606. The molecule has 0 atom stereocenters. The Morgan fingerprint density at radius 1 is 1.04 bits per heavy atom. The Morgan fingerprint density at radius 3 is 2.12 bits per heavy atom. The van der Waals surface area contributed by atoms with Gasteiger partial charge in [0.25, 0.3) is 6.47 Å². The summed E-state index contributed by atoms with van der Waals surface area (Å²) in [6.07, 6.45) is 0. The minimum Gasteiger partial charge on any atom is -0.491 e. The Morgan fingerprint density at radius 2 is 1.64 bits per heavy atom. The summed E-state index contributed by atoms with van der Waals surface area (Å²) in [4.78, 5) is 21.2. The number of carbonyl (C=O) groups is 2. The Balaban J connectivity index is 0.000000293. The number of hydrogen-bond acceptors (Lipinski definition) is 5. The van der Waals surface area contributed by atoms with Crippen molar-refractivity contribution in [3.63, 3.8) is 0 Å². The fourth-order valence-electron chi connectivity index (χ4n) is 1.73. The van der Waals surface area contributed by atoms with Gasteiger partial charge in [0.15, 0.2) is 5.75 Å². The van der Waals surface area contributed by atoms with Crippen LogP contribution in [-0.2, 0) is 9.53 Å². The molecule has 0 aromatic heterocycles. The maximum atomic E-state index is 11.4. The number of carbonyl (C=O) groups excluding carboxylic acids is 2. The summed E-state index contributed by atoms with van der Waals surface area (Å²) < 4.78 is 14.6. The van der Waals surface area contributed by atoms with Gasteiger partial charge in [-0.1, -0.05) is 41.4 Å². The first-order chi connectivity index (χ1) is 12.0. The van der Waals surface area contributed by atoms with E-state index in [9.17, 15) is 9.59 Å². The van der Waals surface area contributed by atoms with E-state index in [0.717, 1.165) is 0 Å². The maximum Gasteiger partial charge on any atom is 0.338 e. The summed E-state index contributed by atoms with van der Waals surface area (Å²) in [6.45, 7) is 4.73. The van der Waals surface area contributed by atoms with Crippen LogP contribution in [0, 0.1) is 0 Å². The molecule has 0 aliphatic rings. The Bertz CT molecular complexity index is 666. The van der Waals surface area contributed by atoms with Gasteiger partial charge in [0, 0.05) is 0 Å². The molecule has 0 aliphatic heterocycles. The second-order valence-corrected chi connectivity index (χ2v) is 5.26. The molecule has 134 valence electrons. The third-order valence-corrected chi connectivity index (χ3v) is 3.29. The lowest BCUT2D eigenvalue weighted by atomic mass is 10.2. The van der Waals surface area contributed by atoms with Gasteiger partial charge >= 0.3 is 5.97 Å². The zero-order valence-electron chi connectivity index (χ0n) is 13.8. The Labute approximate surface area is 156 Å². The molecule has 0 saturated carbocycles. The van der Waals surface area contributed by atoms with Gasteiger partial charge in [-0.25, -0.2) is 4.79 Å². The summed E-state index contributed by atoms with van der Waals surface area (Å²) in [6, 6.07) is 11.9. The third kappa shape index (κ3) is 7.03. The molecule has 5 nitrogen and oxygen atoms in total. The first kappa shape index (κ1) is 20.8. The average Bonchev–Trinajstić information content (AvgIpc) is 2.60. The molecule has 0 N–H and O–H groups in total. The molecule has 0 amide bonds. The van der Waals surface area contributed by atoms with Crippen LogP contribution in [0.4, 0.5) is 0 Å². The van der Waals surface area contributed by atoms with Crippen molar-refractivity contribution in [3.05, 3.63) is 58.1 Å². The predicted molar refractivity (Wildman–Crippen MR) is 96.7 cm³/mol. The molecule has 2 aromatic carbocycles. The van der Waals surface area contributed by atoms with Crippen LogP contribution >= 0.6 is 23.2 Å². The first-order valence-corrected chi connectivity index (χ1v) is 8.23. The van der Waals surface area contributed by atoms with Crippen LogP contribution in [-0.4, -0.2) is 25.7 Å². The molecule has 0 radical (unpaired) electrons. The topological polar surface area (TPSA) is 61.8 Å². The molecule has 0 saturated heterocycles. The smallest absolute Gasteiger partial charge is 0.338 e. The van der Waals surface area contributed by atoms with Crippen LogP contribution in [0.2, 0.25) is 10.0 Å². The van der Waals surface area contributed by atoms with Crippen molar-refractivity contribution >= 4 is 35.6 Å². The molecule has 0 aliphatic carbocycles. The number of halogens is 2. The van der Waals surface area contributed by atoms with E-state index in [0.29, 0.717) is 46.8 Å². The van der Waals surface area contributed by atoms with Gasteiger partial charge in [-0.2, -0.15) is 0 Å². The summed E-state index contributed by atoms with van der Waals surface area (Å²) in [5.41, 5.74) is 0.320. The van der Waals surface area contributed by atoms with Gasteiger partial charge in [-0.3, -0.25) is 4.79 Å². The lowest BCUT2D eigenvalue weighted by Crippen LogP contribution is -2.05. The summed E-state index contributed by atoms with van der Waals surface area (Å²) in [5.74, 6) is 0.515. The monoisotopic (exact) mass is 384 g/mol. The standard InChI is InChI=1S/C11H12Cl2O3.C7H6O2/c1-3-15-10-8(12)5-7(6-9(10)13)11(14)16-4-2;8-6-9-7-4-2-1-3-5-7/h5-6H,3-4H2,1-2H3;1-6H. The van der Waals surface area contributed by atoms with Crippen molar-refractivity contribution in [2.45, 2.75) is 13.8 Å². The highest BCUT2D eigenvalue weighted by Gasteiger charge is 2.14. The van der Waals surface area contributed by atoms with Crippen LogP contribution in [0.15, 0.2) is 42.5 Å². The van der Waals surface area contributed by atoms with Crippen molar-refractivity contribution in [2.24, 2.45) is 0 Å². The van der Waals surface area contributed by atoms with E-state index in [1.165, 1.54) is 12.1 Å². The summed E-state index contributed by atoms with van der Waals surface area (Å²) >= 11 is 11.9. The van der Waals surface area contributed by atoms with Crippen molar-refractivity contribution in [1.82, 2.24) is 0 Å². The number of para-hydroxylation sites is 1. The first-order valence-electron chi connectivity index (χ1n) is 7.47. The van der Waals surface area contributed by atoms with E-state index < -0.39 is 5.97 Å². The predicted octanol–water partition coefficient (Wildman–Crippen LogP) is 4.79. The van der Waals surface area contributed by atoms with E-state index in [2.05, 4.69) is 4.74 Å². The minimum absolute atomic E-state index is 0.303. The van der Waals surface area contributed by atoms with E-state index >= 15 is 0 Å². The second-order valence-electron chi connectivity index (χ2n) is 4.45. The van der Waals surface area contributed by atoms with Crippen molar-refractivity contribution in [1.29, 1.82) is 0 Å². The van der Waals surface area contributed by atoms with E-state index in [-0.39, 0.29) is 0 Å². The van der Waals surface area contributed by atoms with Gasteiger partial charge in [-0.05, 0) is 38.1 Å². The largest absolute Gasteiger partial charge is 0.491 e. The van der Waals surface area contributed by atoms with Gasteiger partial charge < -0.3 is 14.2 Å². The average molecular weight is 385 g/mol. The molecule has 0 unspecified atom stereocenters. The highest BCUT2D eigenvalue weighted by Crippen LogP contribution is 2.34. The summed E-state index contributed by atoms with van der Waals surface area (Å²) in [7, 11) is 0. The molecule has 0 fully saturated rings. The highest BCUT2D eigenvalue weighted by atomic mass is 35.5. The minimum atomic E-state index is -0.450. The molecule has 2 aromatic rings. The molecular formula is C18H18Cl2O5. The number of hydrogen-bond donors (Lipinski definition) is 0. The molecule has 2 rings (SSSR count).